The topological polar surface area (TPSA) is 118 Å². The van der Waals surface area contributed by atoms with E-state index in [1.54, 1.807) is 18.2 Å². The lowest BCUT2D eigenvalue weighted by Crippen LogP contribution is -2.14. The molecule has 5 N–H and O–H groups in total. The number of phenolic OH excluding ortho intramolecular Hbond substituents is 3. The molecule has 2 aromatic rings. The second kappa shape index (κ2) is 6.01. The highest BCUT2D eigenvalue weighted by Gasteiger charge is 2.26. The highest BCUT2D eigenvalue weighted by Crippen LogP contribution is 2.40. The minimum atomic E-state index is -4.64. The van der Waals surface area contributed by atoms with Crippen LogP contribution in [0.15, 0.2) is 36.4 Å². The molecule has 6 nitrogen and oxygen atoms in total. The number of rotatable bonds is 4. The van der Waals surface area contributed by atoms with Crippen molar-refractivity contribution in [1.29, 1.82) is 0 Å². The van der Waals surface area contributed by atoms with Gasteiger partial charge in [0.1, 0.15) is 17.2 Å². The monoisotopic (exact) mass is 324 g/mol. The van der Waals surface area contributed by atoms with Gasteiger partial charge in [0.05, 0.1) is 5.30 Å². The SMILES string of the molecule is CC(Cc1c(O)cc(O)cc1P(=O)(O)O)c1cccc(O)c1. The summed E-state index contributed by atoms with van der Waals surface area (Å²) in [5.74, 6) is -0.891. The third kappa shape index (κ3) is 3.60. The molecule has 7 heteroatoms. The third-order valence-electron chi connectivity index (χ3n) is 3.45. The summed E-state index contributed by atoms with van der Waals surface area (Å²) in [6.07, 6.45) is 0.149. The quantitative estimate of drug-likeness (QED) is 0.549. The van der Waals surface area contributed by atoms with E-state index < -0.39 is 18.6 Å². The first-order valence-corrected chi connectivity index (χ1v) is 8.19. The maximum atomic E-state index is 11.6. The first-order valence-electron chi connectivity index (χ1n) is 6.58. The Labute approximate surface area is 127 Å². The van der Waals surface area contributed by atoms with Crippen LogP contribution in [0.4, 0.5) is 0 Å². The van der Waals surface area contributed by atoms with Crippen molar-refractivity contribution >= 4 is 12.9 Å². The van der Waals surface area contributed by atoms with Gasteiger partial charge < -0.3 is 25.1 Å². The van der Waals surface area contributed by atoms with Crippen molar-refractivity contribution in [2.24, 2.45) is 0 Å². The lowest BCUT2D eigenvalue weighted by atomic mass is 9.93. The van der Waals surface area contributed by atoms with Crippen LogP contribution in [0.2, 0.25) is 0 Å². The summed E-state index contributed by atoms with van der Waals surface area (Å²) in [4.78, 5) is 18.8. The van der Waals surface area contributed by atoms with Gasteiger partial charge in [-0.2, -0.15) is 0 Å². The van der Waals surface area contributed by atoms with Crippen molar-refractivity contribution in [1.82, 2.24) is 0 Å². The van der Waals surface area contributed by atoms with Crippen LogP contribution in [-0.2, 0) is 11.0 Å². The minimum Gasteiger partial charge on any atom is -0.508 e. The summed E-state index contributed by atoms with van der Waals surface area (Å²) >= 11 is 0. The van der Waals surface area contributed by atoms with Crippen molar-refractivity contribution in [3.63, 3.8) is 0 Å². The lowest BCUT2D eigenvalue weighted by Gasteiger charge is -2.17. The second-order valence-electron chi connectivity index (χ2n) is 5.21. The fourth-order valence-electron chi connectivity index (χ4n) is 2.35. The third-order valence-corrected chi connectivity index (χ3v) is 4.48. The molecule has 1 atom stereocenters. The highest BCUT2D eigenvalue weighted by atomic mass is 31.2. The zero-order chi connectivity index (χ0) is 16.5. The van der Waals surface area contributed by atoms with Gasteiger partial charge in [-0.15, -0.1) is 0 Å². The Morgan fingerprint density at radius 2 is 1.73 bits per heavy atom. The maximum absolute atomic E-state index is 11.6. The average Bonchev–Trinajstić information content (AvgIpc) is 2.40. The molecule has 0 aliphatic heterocycles. The molecule has 0 saturated carbocycles. The van der Waals surface area contributed by atoms with Gasteiger partial charge in [0.15, 0.2) is 0 Å². The Bertz CT molecular complexity index is 737. The Hall–Kier alpha value is -2.01. The van der Waals surface area contributed by atoms with Crippen molar-refractivity contribution < 1.29 is 29.7 Å². The normalized spacial score (nSPS) is 13.0. The van der Waals surface area contributed by atoms with Gasteiger partial charge in [0, 0.05) is 11.6 Å². The molecule has 0 amide bonds. The van der Waals surface area contributed by atoms with Crippen molar-refractivity contribution in [3.05, 3.63) is 47.5 Å². The molecule has 0 spiro atoms. The largest absolute Gasteiger partial charge is 0.508 e. The average molecular weight is 324 g/mol. The van der Waals surface area contributed by atoms with Crippen LogP contribution in [0.3, 0.4) is 0 Å². The fraction of sp³-hybridized carbons (Fsp3) is 0.200. The summed E-state index contributed by atoms with van der Waals surface area (Å²) in [5.41, 5.74) is 0.853. The van der Waals surface area contributed by atoms with Crippen molar-refractivity contribution in [2.45, 2.75) is 19.3 Å². The van der Waals surface area contributed by atoms with E-state index in [2.05, 4.69) is 0 Å². The van der Waals surface area contributed by atoms with E-state index in [1.807, 2.05) is 6.92 Å². The lowest BCUT2D eigenvalue weighted by molar-refractivity contribution is 0.385. The molecule has 22 heavy (non-hydrogen) atoms. The van der Waals surface area contributed by atoms with Gasteiger partial charge in [0.2, 0.25) is 0 Å². The van der Waals surface area contributed by atoms with Crippen LogP contribution >= 0.6 is 7.60 Å². The summed E-state index contributed by atoms with van der Waals surface area (Å²) in [6.45, 7) is 1.81. The smallest absolute Gasteiger partial charge is 0.356 e. The van der Waals surface area contributed by atoms with E-state index in [1.165, 1.54) is 6.07 Å². The molecule has 2 aromatic carbocycles. The van der Waals surface area contributed by atoms with E-state index in [0.717, 1.165) is 17.7 Å². The zero-order valence-corrected chi connectivity index (χ0v) is 12.7. The van der Waals surface area contributed by atoms with Crippen LogP contribution in [-0.4, -0.2) is 25.1 Å². The standard InChI is InChI=1S/C15H17O6P/c1-9(10-3-2-4-11(16)6-10)5-13-14(18)7-12(17)8-15(13)22(19,20)21/h2-4,6-9,16-18H,5H2,1H3,(H2,19,20,21). The van der Waals surface area contributed by atoms with Gasteiger partial charge in [-0.3, -0.25) is 4.57 Å². The molecular formula is C15H17O6P. The Morgan fingerprint density at radius 1 is 1.05 bits per heavy atom. The Balaban J connectivity index is 2.43. The number of phenols is 3. The predicted molar refractivity (Wildman–Crippen MR) is 81.7 cm³/mol. The summed E-state index contributed by atoms with van der Waals surface area (Å²) in [7, 11) is -4.64. The number of aromatic hydroxyl groups is 3. The van der Waals surface area contributed by atoms with Crippen LogP contribution in [0.1, 0.15) is 24.0 Å². The molecule has 118 valence electrons. The first-order chi connectivity index (χ1) is 10.2. The Morgan fingerprint density at radius 3 is 2.32 bits per heavy atom. The van der Waals surface area contributed by atoms with E-state index in [4.69, 9.17) is 0 Å². The molecule has 0 aliphatic rings. The number of hydrogen-bond donors (Lipinski definition) is 5. The van der Waals surface area contributed by atoms with Crippen molar-refractivity contribution in [2.75, 3.05) is 0 Å². The minimum absolute atomic E-state index is 0.0852. The highest BCUT2D eigenvalue weighted by molar-refractivity contribution is 7.60. The van der Waals surface area contributed by atoms with Gasteiger partial charge in [0.25, 0.3) is 0 Å². The molecule has 0 fully saturated rings. The van der Waals surface area contributed by atoms with E-state index in [0.29, 0.717) is 0 Å². The van der Waals surface area contributed by atoms with Crippen molar-refractivity contribution in [3.8, 4) is 17.2 Å². The number of benzene rings is 2. The molecule has 1 unspecified atom stereocenters. The van der Waals surface area contributed by atoms with Gasteiger partial charge in [-0.1, -0.05) is 19.1 Å². The predicted octanol–water partition coefficient (Wildman–Crippen LogP) is 1.95. The molecular weight excluding hydrogens is 307 g/mol. The number of hydrogen-bond acceptors (Lipinski definition) is 4. The van der Waals surface area contributed by atoms with Crippen LogP contribution in [0.5, 0.6) is 17.2 Å². The summed E-state index contributed by atoms with van der Waals surface area (Å²) < 4.78 is 11.6. The Kier molecular flexibility index (Phi) is 4.47. The molecule has 0 saturated heterocycles. The summed E-state index contributed by atoms with van der Waals surface area (Å²) in [5, 5.41) is 28.5. The molecule has 0 radical (unpaired) electrons. The molecule has 2 rings (SSSR count). The molecule has 0 bridgehead atoms. The van der Waals surface area contributed by atoms with E-state index in [9.17, 15) is 29.7 Å². The van der Waals surface area contributed by atoms with Crippen LogP contribution < -0.4 is 5.30 Å². The zero-order valence-electron chi connectivity index (χ0n) is 11.8. The molecule has 0 aliphatic carbocycles. The van der Waals surface area contributed by atoms with Gasteiger partial charge in [-0.05, 0) is 36.1 Å². The van der Waals surface area contributed by atoms with E-state index >= 15 is 0 Å². The van der Waals surface area contributed by atoms with Gasteiger partial charge in [-0.25, -0.2) is 0 Å². The summed E-state index contributed by atoms with van der Waals surface area (Å²) in [6, 6.07) is 8.53. The van der Waals surface area contributed by atoms with Crippen LogP contribution in [0.25, 0.3) is 0 Å². The molecule has 0 aromatic heterocycles. The maximum Gasteiger partial charge on any atom is 0.356 e. The van der Waals surface area contributed by atoms with Crippen LogP contribution in [0, 0.1) is 0 Å². The fourth-order valence-corrected chi connectivity index (χ4v) is 3.21. The van der Waals surface area contributed by atoms with E-state index in [-0.39, 0.29) is 29.4 Å². The van der Waals surface area contributed by atoms with Gasteiger partial charge >= 0.3 is 7.60 Å². The second-order valence-corrected chi connectivity index (χ2v) is 6.78. The molecule has 0 heterocycles. The first kappa shape index (κ1) is 16.4.